The van der Waals surface area contributed by atoms with Crippen molar-refractivity contribution in [3.05, 3.63) is 54.2 Å². The highest BCUT2D eigenvalue weighted by Gasteiger charge is 2.29. The molecule has 9 heteroatoms. The number of hydrogen-bond donors (Lipinski definition) is 0. The molecule has 0 bridgehead atoms. The molecule has 0 aliphatic heterocycles. The summed E-state index contributed by atoms with van der Waals surface area (Å²) in [4.78, 5) is 23.7. The topological polar surface area (TPSA) is 98.2 Å². The van der Waals surface area contributed by atoms with Crippen LogP contribution in [-0.4, -0.2) is 32.7 Å². The van der Waals surface area contributed by atoms with Crippen LogP contribution in [0.2, 0.25) is 0 Å². The normalized spacial score (nSPS) is 15.2. The maximum absolute atomic E-state index is 13.3. The molecular weight excluding hydrogens is 461 g/mol. The maximum atomic E-state index is 13.3. The Morgan fingerprint density at radius 2 is 1.92 bits per heavy atom. The second-order valence-corrected chi connectivity index (χ2v) is 9.91. The summed E-state index contributed by atoms with van der Waals surface area (Å²) in [6.07, 6.45) is 9.01. The van der Waals surface area contributed by atoms with Gasteiger partial charge in [-0.2, -0.15) is 9.97 Å². The van der Waals surface area contributed by atoms with Crippen molar-refractivity contribution >= 4 is 11.6 Å². The molecule has 0 unspecified atom stereocenters. The van der Waals surface area contributed by atoms with E-state index in [9.17, 15) is 9.18 Å². The summed E-state index contributed by atoms with van der Waals surface area (Å²) >= 11 is 0. The number of carbonyl (C=O) groups is 1. The van der Waals surface area contributed by atoms with Crippen molar-refractivity contribution in [1.29, 1.82) is 0 Å². The van der Waals surface area contributed by atoms with Gasteiger partial charge in [-0.05, 0) is 62.6 Å². The third kappa shape index (κ3) is 6.65. The Bertz CT molecular complexity index is 1200. The van der Waals surface area contributed by atoms with Crippen LogP contribution in [0.25, 0.3) is 11.5 Å². The molecule has 2 fully saturated rings. The number of aryl methyl sites for hydroxylation is 1. The lowest BCUT2D eigenvalue weighted by Gasteiger charge is -2.23. The molecular formula is C27H32FN5O3. The van der Waals surface area contributed by atoms with E-state index in [2.05, 4.69) is 26.9 Å². The Morgan fingerprint density at radius 3 is 2.69 bits per heavy atom. The first kappa shape index (κ1) is 24.3. The van der Waals surface area contributed by atoms with Crippen LogP contribution < -0.4 is 4.90 Å². The zero-order chi connectivity index (χ0) is 24.9. The smallest absolute Gasteiger partial charge is 0.258 e. The minimum absolute atomic E-state index is 0.0176. The number of rotatable bonds is 14. The molecule has 3 aromatic rings. The molecule has 190 valence electrons. The molecule has 0 spiro atoms. The van der Waals surface area contributed by atoms with Crippen molar-refractivity contribution in [3.63, 3.8) is 0 Å². The quantitative estimate of drug-likeness (QED) is 0.256. The molecule has 2 aliphatic carbocycles. The van der Waals surface area contributed by atoms with Crippen LogP contribution in [0.4, 0.5) is 10.1 Å². The molecule has 5 rings (SSSR count). The fourth-order valence-corrected chi connectivity index (χ4v) is 4.22. The van der Waals surface area contributed by atoms with Crippen LogP contribution in [-0.2, 0) is 17.6 Å². The first-order chi connectivity index (χ1) is 17.5. The van der Waals surface area contributed by atoms with E-state index in [1.807, 2.05) is 24.3 Å². The van der Waals surface area contributed by atoms with E-state index >= 15 is 0 Å². The number of amides is 1. The molecule has 1 amide bonds. The second-order valence-electron chi connectivity index (χ2n) is 9.91. The standard InChI is InChI=1S/C27H32FN5O3/c1-18(28)9-14-25(34)33(15-4-2-3-8-24-29-23(31-35-24)16-19-10-11-19)22-7-5-6-21(17-22)27-30-26(32-36-27)20-12-13-20/h5-7,17,19-20H,1-4,8-16H2. The lowest BCUT2D eigenvalue weighted by atomic mass is 10.1. The Balaban J connectivity index is 1.19. The lowest BCUT2D eigenvalue weighted by molar-refractivity contribution is -0.118. The van der Waals surface area contributed by atoms with Crippen molar-refractivity contribution in [1.82, 2.24) is 20.3 Å². The Labute approximate surface area is 210 Å². The molecule has 0 atom stereocenters. The SMILES string of the molecule is C=C(F)CCC(=O)N(CCCCCc1nc(CC2CC2)no1)c1cccc(-c2nc(C3CC3)no2)c1. The molecule has 2 heterocycles. The van der Waals surface area contributed by atoms with E-state index in [0.29, 0.717) is 24.2 Å². The van der Waals surface area contributed by atoms with Gasteiger partial charge in [0.2, 0.25) is 11.8 Å². The van der Waals surface area contributed by atoms with E-state index in [1.165, 1.54) is 12.8 Å². The molecule has 0 saturated heterocycles. The summed E-state index contributed by atoms with van der Waals surface area (Å²) in [5.41, 5.74) is 1.49. The Morgan fingerprint density at radius 1 is 1.06 bits per heavy atom. The number of carbonyl (C=O) groups excluding carboxylic acids is 1. The van der Waals surface area contributed by atoms with Crippen molar-refractivity contribution in [2.75, 3.05) is 11.4 Å². The molecule has 2 saturated carbocycles. The van der Waals surface area contributed by atoms with Crippen LogP contribution in [0.3, 0.4) is 0 Å². The number of halogens is 1. The molecule has 36 heavy (non-hydrogen) atoms. The summed E-state index contributed by atoms with van der Waals surface area (Å²) < 4.78 is 24.1. The van der Waals surface area contributed by atoms with Crippen LogP contribution in [0.1, 0.15) is 81.2 Å². The van der Waals surface area contributed by atoms with Gasteiger partial charge in [-0.25, -0.2) is 4.39 Å². The minimum Gasteiger partial charge on any atom is -0.339 e. The molecule has 0 radical (unpaired) electrons. The number of unbranched alkanes of at least 4 members (excludes halogenated alkanes) is 2. The first-order valence-corrected chi connectivity index (χ1v) is 12.9. The summed E-state index contributed by atoms with van der Waals surface area (Å²) in [6.45, 7) is 3.81. The van der Waals surface area contributed by atoms with Gasteiger partial charge in [-0.15, -0.1) is 0 Å². The molecule has 1 aromatic carbocycles. The zero-order valence-corrected chi connectivity index (χ0v) is 20.5. The summed E-state index contributed by atoms with van der Waals surface area (Å²) in [5, 5.41) is 8.17. The summed E-state index contributed by atoms with van der Waals surface area (Å²) in [7, 11) is 0. The highest BCUT2D eigenvalue weighted by molar-refractivity contribution is 5.94. The van der Waals surface area contributed by atoms with Gasteiger partial charge in [0.05, 0.1) is 5.83 Å². The fourth-order valence-electron chi connectivity index (χ4n) is 4.22. The second kappa shape index (κ2) is 11.1. The minimum atomic E-state index is -0.490. The van der Waals surface area contributed by atoms with E-state index in [0.717, 1.165) is 73.8 Å². The number of hydrogen-bond acceptors (Lipinski definition) is 7. The van der Waals surface area contributed by atoms with Crippen molar-refractivity contribution in [2.24, 2.45) is 5.92 Å². The summed E-state index contributed by atoms with van der Waals surface area (Å²) in [6, 6.07) is 7.52. The van der Waals surface area contributed by atoms with Crippen molar-refractivity contribution < 1.29 is 18.2 Å². The predicted octanol–water partition coefficient (Wildman–Crippen LogP) is 5.96. The van der Waals surface area contributed by atoms with Crippen LogP contribution in [0.15, 0.2) is 45.7 Å². The monoisotopic (exact) mass is 493 g/mol. The number of nitrogens with zero attached hydrogens (tertiary/aromatic N) is 5. The van der Waals surface area contributed by atoms with E-state index in [4.69, 9.17) is 9.05 Å². The largest absolute Gasteiger partial charge is 0.339 e. The van der Waals surface area contributed by atoms with Gasteiger partial charge in [0.15, 0.2) is 11.6 Å². The van der Waals surface area contributed by atoms with E-state index in [1.54, 1.807) is 4.90 Å². The first-order valence-electron chi connectivity index (χ1n) is 12.9. The Hall–Kier alpha value is -3.36. The van der Waals surface area contributed by atoms with Crippen LogP contribution in [0.5, 0.6) is 0 Å². The van der Waals surface area contributed by atoms with E-state index < -0.39 is 5.83 Å². The van der Waals surface area contributed by atoms with E-state index in [-0.39, 0.29) is 18.7 Å². The van der Waals surface area contributed by atoms with Crippen molar-refractivity contribution in [3.8, 4) is 11.5 Å². The van der Waals surface area contributed by atoms with Crippen molar-refractivity contribution in [2.45, 2.75) is 76.5 Å². The number of aromatic nitrogens is 4. The molecule has 8 nitrogen and oxygen atoms in total. The maximum Gasteiger partial charge on any atom is 0.258 e. The van der Waals surface area contributed by atoms with Crippen LogP contribution in [0, 0.1) is 5.92 Å². The molecule has 2 aliphatic rings. The average molecular weight is 494 g/mol. The molecule has 0 N–H and O–H groups in total. The number of benzene rings is 1. The highest BCUT2D eigenvalue weighted by atomic mass is 19.1. The summed E-state index contributed by atoms with van der Waals surface area (Å²) in [5.74, 6) is 3.17. The van der Waals surface area contributed by atoms with Gasteiger partial charge < -0.3 is 13.9 Å². The third-order valence-corrected chi connectivity index (χ3v) is 6.65. The zero-order valence-electron chi connectivity index (χ0n) is 20.5. The number of anilines is 1. The van der Waals surface area contributed by atoms with Gasteiger partial charge in [0, 0.05) is 49.4 Å². The highest BCUT2D eigenvalue weighted by Crippen LogP contribution is 2.39. The molecule has 2 aromatic heterocycles. The lowest BCUT2D eigenvalue weighted by Crippen LogP contribution is -2.31. The van der Waals surface area contributed by atoms with Gasteiger partial charge >= 0.3 is 0 Å². The fraction of sp³-hybridized carbons (Fsp3) is 0.519. The predicted molar refractivity (Wildman–Crippen MR) is 132 cm³/mol. The van der Waals surface area contributed by atoms with Gasteiger partial charge in [0.25, 0.3) is 5.89 Å². The van der Waals surface area contributed by atoms with Gasteiger partial charge in [-0.3, -0.25) is 4.79 Å². The Kier molecular flexibility index (Phi) is 7.53. The van der Waals surface area contributed by atoms with Crippen LogP contribution >= 0.6 is 0 Å². The number of allylic oxidation sites excluding steroid dienone is 1. The third-order valence-electron chi connectivity index (χ3n) is 6.65. The average Bonchev–Trinajstić information content (AvgIpc) is 3.79. The van der Waals surface area contributed by atoms with Gasteiger partial charge in [-0.1, -0.05) is 29.4 Å². The van der Waals surface area contributed by atoms with Gasteiger partial charge in [0.1, 0.15) is 0 Å².